The molecular weight excluding hydrogens is 229 g/mol. The zero-order chi connectivity index (χ0) is 12.9. The van der Waals surface area contributed by atoms with Gasteiger partial charge >= 0.3 is 6.18 Å². The Hall–Kier alpha value is -1.32. The third-order valence-electron chi connectivity index (χ3n) is 2.85. The summed E-state index contributed by atoms with van der Waals surface area (Å²) in [5.41, 5.74) is -1.71. The van der Waals surface area contributed by atoms with Crippen molar-refractivity contribution < 1.29 is 18.0 Å². The molecule has 0 amide bonds. The van der Waals surface area contributed by atoms with Gasteiger partial charge in [-0.3, -0.25) is 0 Å². The monoisotopic (exact) mass is 244 g/mol. The third kappa shape index (κ3) is 3.08. The number of aldehydes is 1. The molecule has 0 spiro atoms. The molecule has 0 aliphatic heterocycles. The Morgan fingerprint density at radius 3 is 2.18 bits per heavy atom. The fraction of sp³-hybridized carbons (Fsp3) is 0.462. The fourth-order valence-electron chi connectivity index (χ4n) is 1.90. The van der Waals surface area contributed by atoms with Crippen LogP contribution in [0.3, 0.4) is 0 Å². The molecule has 0 aromatic heterocycles. The molecule has 1 unspecified atom stereocenters. The lowest BCUT2D eigenvalue weighted by atomic mass is 9.78. The lowest BCUT2D eigenvalue weighted by Gasteiger charge is -2.30. The molecular formula is C13H15F3O. The quantitative estimate of drug-likeness (QED) is 0.720. The molecule has 0 heterocycles. The van der Waals surface area contributed by atoms with Crippen LogP contribution < -0.4 is 0 Å². The highest BCUT2D eigenvalue weighted by atomic mass is 19.4. The lowest BCUT2D eigenvalue weighted by molar-refractivity contribution is -0.216. The van der Waals surface area contributed by atoms with E-state index in [0.29, 0.717) is 12.0 Å². The molecule has 1 aromatic rings. The number of alkyl halides is 3. The van der Waals surface area contributed by atoms with Gasteiger partial charge in [-0.2, -0.15) is 13.2 Å². The highest BCUT2D eigenvalue weighted by Gasteiger charge is 2.53. The maximum Gasteiger partial charge on any atom is 0.401 e. The van der Waals surface area contributed by atoms with Crippen LogP contribution in [0, 0.1) is 5.41 Å². The Morgan fingerprint density at radius 1 is 1.18 bits per heavy atom. The fourth-order valence-corrected chi connectivity index (χ4v) is 1.90. The first-order valence-electron chi connectivity index (χ1n) is 5.52. The molecule has 1 aromatic carbocycles. The van der Waals surface area contributed by atoms with Crippen molar-refractivity contribution >= 4 is 6.29 Å². The summed E-state index contributed by atoms with van der Waals surface area (Å²) in [4.78, 5) is 10.9. The summed E-state index contributed by atoms with van der Waals surface area (Å²) in [7, 11) is 0. The van der Waals surface area contributed by atoms with Crippen molar-refractivity contribution in [1.82, 2.24) is 0 Å². The van der Waals surface area contributed by atoms with E-state index in [0.717, 1.165) is 0 Å². The Bertz CT molecular complexity index is 359. The Kier molecular flexibility index (Phi) is 4.32. The standard InChI is InChI=1S/C13H15F3O/c1-2-8-12(10-17,13(14,15)16)9-11-6-4-3-5-7-11/h3-7,10H,2,8-9H2,1H3. The Morgan fingerprint density at radius 2 is 1.76 bits per heavy atom. The van der Waals surface area contributed by atoms with Crippen LogP contribution in [0.5, 0.6) is 0 Å². The molecule has 1 atom stereocenters. The van der Waals surface area contributed by atoms with Gasteiger partial charge in [0.1, 0.15) is 11.7 Å². The van der Waals surface area contributed by atoms with Crippen molar-refractivity contribution in [3.05, 3.63) is 35.9 Å². The number of benzene rings is 1. The highest BCUT2D eigenvalue weighted by molar-refractivity contribution is 5.61. The lowest BCUT2D eigenvalue weighted by Crippen LogP contribution is -2.41. The number of carbonyl (C=O) groups excluding carboxylic acids is 1. The minimum Gasteiger partial charge on any atom is -0.302 e. The van der Waals surface area contributed by atoms with E-state index in [1.165, 1.54) is 0 Å². The Labute approximate surface area is 98.6 Å². The van der Waals surface area contributed by atoms with Gasteiger partial charge < -0.3 is 4.79 Å². The number of hydrogen-bond donors (Lipinski definition) is 0. The number of rotatable bonds is 5. The SMILES string of the molecule is CCCC(C=O)(Cc1ccccc1)C(F)(F)F. The van der Waals surface area contributed by atoms with Gasteiger partial charge in [0.05, 0.1) is 0 Å². The highest BCUT2D eigenvalue weighted by Crippen LogP contribution is 2.43. The van der Waals surface area contributed by atoms with Crippen LogP contribution in [0.1, 0.15) is 25.3 Å². The van der Waals surface area contributed by atoms with Gasteiger partial charge in [0.25, 0.3) is 0 Å². The van der Waals surface area contributed by atoms with E-state index >= 15 is 0 Å². The van der Waals surface area contributed by atoms with Crippen LogP contribution in [0.4, 0.5) is 13.2 Å². The van der Waals surface area contributed by atoms with Crippen LogP contribution in [0.15, 0.2) is 30.3 Å². The van der Waals surface area contributed by atoms with Gasteiger partial charge in [0.15, 0.2) is 0 Å². The molecule has 0 N–H and O–H groups in total. The molecule has 0 bridgehead atoms. The van der Waals surface area contributed by atoms with Gasteiger partial charge in [-0.05, 0) is 18.4 Å². The average Bonchev–Trinajstić information content (AvgIpc) is 2.28. The topological polar surface area (TPSA) is 17.1 Å². The van der Waals surface area contributed by atoms with Crippen molar-refractivity contribution in [2.75, 3.05) is 0 Å². The van der Waals surface area contributed by atoms with Crippen LogP contribution in [-0.4, -0.2) is 12.5 Å². The summed E-state index contributed by atoms with van der Waals surface area (Å²) in [5.74, 6) is 0. The first kappa shape index (κ1) is 13.7. The number of halogens is 3. The third-order valence-corrected chi connectivity index (χ3v) is 2.85. The van der Waals surface area contributed by atoms with Crippen LogP contribution >= 0.6 is 0 Å². The van der Waals surface area contributed by atoms with Gasteiger partial charge in [0, 0.05) is 0 Å². The zero-order valence-corrected chi connectivity index (χ0v) is 9.63. The molecule has 0 aliphatic carbocycles. The second-order valence-corrected chi connectivity index (χ2v) is 4.18. The summed E-state index contributed by atoms with van der Waals surface area (Å²) >= 11 is 0. The molecule has 0 aliphatic rings. The van der Waals surface area contributed by atoms with Gasteiger partial charge in [-0.1, -0.05) is 43.7 Å². The molecule has 17 heavy (non-hydrogen) atoms. The second-order valence-electron chi connectivity index (χ2n) is 4.18. The first-order valence-corrected chi connectivity index (χ1v) is 5.52. The molecule has 4 heteroatoms. The molecule has 1 nitrogen and oxygen atoms in total. The molecule has 0 saturated heterocycles. The molecule has 0 radical (unpaired) electrons. The summed E-state index contributed by atoms with van der Waals surface area (Å²) in [6.07, 6.45) is -4.57. The molecule has 0 fully saturated rings. The predicted octanol–water partition coefficient (Wildman–Crippen LogP) is 3.78. The zero-order valence-electron chi connectivity index (χ0n) is 9.63. The van der Waals surface area contributed by atoms with Crippen molar-refractivity contribution in [3.63, 3.8) is 0 Å². The minimum absolute atomic E-state index is 0.0590. The van der Waals surface area contributed by atoms with E-state index in [4.69, 9.17) is 0 Å². The van der Waals surface area contributed by atoms with Gasteiger partial charge in [0.2, 0.25) is 0 Å². The smallest absolute Gasteiger partial charge is 0.302 e. The van der Waals surface area contributed by atoms with E-state index in [1.807, 2.05) is 0 Å². The summed E-state index contributed by atoms with van der Waals surface area (Å²) < 4.78 is 39.1. The average molecular weight is 244 g/mol. The van der Waals surface area contributed by atoms with Crippen LogP contribution in [0.25, 0.3) is 0 Å². The number of hydrogen-bond acceptors (Lipinski definition) is 1. The van der Waals surface area contributed by atoms with Crippen LogP contribution in [0.2, 0.25) is 0 Å². The molecule has 1 rings (SSSR count). The van der Waals surface area contributed by atoms with E-state index in [9.17, 15) is 18.0 Å². The molecule has 0 saturated carbocycles. The van der Waals surface area contributed by atoms with E-state index < -0.39 is 11.6 Å². The molecule has 94 valence electrons. The summed E-state index contributed by atoms with van der Waals surface area (Å²) in [5, 5.41) is 0. The predicted molar refractivity (Wildman–Crippen MR) is 59.6 cm³/mol. The Balaban J connectivity index is 3.03. The van der Waals surface area contributed by atoms with Crippen LogP contribution in [-0.2, 0) is 11.2 Å². The summed E-state index contributed by atoms with van der Waals surface area (Å²) in [6, 6.07) is 8.30. The van der Waals surface area contributed by atoms with E-state index in [1.54, 1.807) is 37.3 Å². The normalized spacial score (nSPS) is 15.3. The minimum atomic E-state index is -4.50. The van der Waals surface area contributed by atoms with Gasteiger partial charge in [-0.15, -0.1) is 0 Å². The maximum atomic E-state index is 13.0. The van der Waals surface area contributed by atoms with Gasteiger partial charge in [-0.25, -0.2) is 0 Å². The van der Waals surface area contributed by atoms with E-state index in [-0.39, 0.29) is 19.1 Å². The van der Waals surface area contributed by atoms with Crippen molar-refractivity contribution in [3.8, 4) is 0 Å². The van der Waals surface area contributed by atoms with Crippen molar-refractivity contribution in [1.29, 1.82) is 0 Å². The number of carbonyl (C=O) groups is 1. The van der Waals surface area contributed by atoms with Crippen molar-refractivity contribution in [2.45, 2.75) is 32.4 Å². The first-order chi connectivity index (χ1) is 7.95. The van der Waals surface area contributed by atoms with E-state index in [2.05, 4.69) is 0 Å². The van der Waals surface area contributed by atoms with Crippen molar-refractivity contribution in [2.24, 2.45) is 5.41 Å². The maximum absolute atomic E-state index is 13.0. The second kappa shape index (κ2) is 5.34. The summed E-state index contributed by atoms with van der Waals surface area (Å²) in [6.45, 7) is 1.65. The largest absolute Gasteiger partial charge is 0.401 e.